The highest BCUT2D eigenvalue weighted by atomic mass is 35.5. The van der Waals surface area contributed by atoms with Crippen LogP contribution in [0, 0.1) is 5.92 Å². The summed E-state index contributed by atoms with van der Waals surface area (Å²) < 4.78 is 5.80. The number of rotatable bonds is 6. The van der Waals surface area contributed by atoms with E-state index in [0.29, 0.717) is 6.01 Å². The normalized spacial score (nSPS) is 14.7. The molecule has 2 aromatic rings. The number of hydrogen-bond donors (Lipinski definition) is 2. The number of hydrogen-bond acceptors (Lipinski definition) is 5. The number of anilines is 1. The van der Waals surface area contributed by atoms with Crippen LogP contribution in [0.15, 0.2) is 28.7 Å². The number of carbonyl (C=O) groups excluding carboxylic acids is 1. The van der Waals surface area contributed by atoms with Crippen LogP contribution in [0.1, 0.15) is 19.3 Å². The van der Waals surface area contributed by atoms with E-state index >= 15 is 0 Å². The summed E-state index contributed by atoms with van der Waals surface area (Å²) in [5, 5.41) is 6.11. The number of benzene rings is 1. The highest BCUT2D eigenvalue weighted by Gasteiger charge is 2.26. The third kappa shape index (κ3) is 5.49. The number of halogens is 2. The van der Waals surface area contributed by atoms with Gasteiger partial charge >= 0.3 is 0 Å². The van der Waals surface area contributed by atoms with Gasteiger partial charge in [-0.2, -0.15) is 4.98 Å². The van der Waals surface area contributed by atoms with E-state index in [4.69, 9.17) is 4.42 Å². The average Bonchev–Trinajstić information content (AvgIpc) is 3.03. The second-order valence-electron chi connectivity index (χ2n) is 5.97. The standard InChI is InChI=1S/C17H24N4O2.2ClH/c1-18-9-4-10-19-16(22)13-7-11-21(12-8-13)17-20-14-5-2-3-6-15(14)23-17;;/h2-3,5-6,13,18H,4,7-12H2,1H3,(H,19,22);2*1H. The lowest BCUT2D eigenvalue weighted by molar-refractivity contribution is -0.125. The summed E-state index contributed by atoms with van der Waals surface area (Å²) in [6.45, 7) is 3.28. The zero-order chi connectivity index (χ0) is 16.1. The molecule has 140 valence electrons. The molecule has 8 heteroatoms. The topological polar surface area (TPSA) is 70.4 Å². The molecule has 0 atom stereocenters. The molecule has 0 unspecified atom stereocenters. The second-order valence-corrected chi connectivity index (χ2v) is 5.97. The molecule has 0 spiro atoms. The fourth-order valence-corrected chi connectivity index (χ4v) is 2.95. The molecule has 2 N–H and O–H groups in total. The van der Waals surface area contributed by atoms with E-state index in [1.54, 1.807) is 0 Å². The van der Waals surface area contributed by atoms with Crippen LogP contribution in [0.5, 0.6) is 0 Å². The van der Waals surface area contributed by atoms with E-state index in [9.17, 15) is 4.79 Å². The van der Waals surface area contributed by atoms with E-state index in [0.717, 1.165) is 56.5 Å². The van der Waals surface area contributed by atoms with Crippen LogP contribution in [0.2, 0.25) is 0 Å². The molecule has 6 nitrogen and oxygen atoms in total. The van der Waals surface area contributed by atoms with Crippen molar-refractivity contribution in [3.8, 4) is 0 Å². The van der Waals surface area contributed by atoms with Crippen molar-refractivity contribution >= 4 is 47.8 Å². The van der Waals surface area contributed by atoms with Crippen molar-refractivity contribution in [1.29, 1.82) is 0 Å². The lowest BCUT2D eigenvalue weighted by Crippen LogP contribution is -2.41. The summed E-state index contributed by atoms with van der Waals surface area (Å²) in [7, 11) is 1.92. The van der Waals surface area contributed by atoms with Crippen LogP contribution in [-0.2, 0) is 4.79 Å². The Morgan fingerprint density at radius 2 is 1.96 bits per heavy atom. The molecule has 0 saturated carbocycles. The molecule has 25 heavy (non-hydrogen) atoms. The zero-order valence-corrected chi connectivity index (χ0v) is 16.0. The van der Waals surface area contributed by atoms with Crippen LogP contribution in [-0.4, -0.2) is 44.1 Å². The first-order valence-electron chi connectivity index (χ1n) is 8.31. The Morgan fingerprint density at radius 1 is 1.24 bits per heavy atom. The second kappa shape index (κ2) is 10.5. The number of amides is 1. The Kier molecular flexibility index (Phi) is 9.03. The van der Waals surface area contributed by atoms with Crippen molar-refractivity contribution in [1.82, 2.24) is 15.6 Å². The van der Waals surface area contributed by atoms with Crippen molar-refractivity contribution < 1.29 is 9.21 Å². The number of fused-ring (bicyclic) bond motifs is 1. The molecule has 1 fully saturated rings. The van der Waals surface area contributed by atoms with Gasteiger partial charge in [-0.3, -0.25) is 4.79 Å². The predicted molar refractivity (Wildman–Crippen MR) is 105 cm³/mol. The largest absolute Gasteiger partial charge is 0.423 e. The minimum absolute atomic E-state index is 0. The lowest BCUT2D eigenvalue weighted by Gasteiger charge is -2.30. The van der Waals surface area contributed by atoms with Gasteiger partial charge in [0.05, 0.1) is 0 Å². The molecule has 0 aliphatic carbocycles. The maximum Gasteiger partial charge on any atom is 0.298 e. The molecule has 1 saturated heterocycles. The fraction of sp³-hybridized carbons (Fsp3) is 0.529. The van der Waals surface area contributed by atoms with Gasteiger partial charge in [0.15, 0.2) is 5.58 Å². The third-order valence-electron chi connectivity index (χ3n) is 4.32. The summed E-state index contributed by atoms with van der Waals surface area (Å²) in [6.07, 6.45) is 2.65. The van der Waals surface area contributed by atoms with Crippen molar-refractivity contribution in [3.05, 3.63) is 24.3 Å². The maximum atomic E-state index is 12.2. The summed E-state index contributed by atoms with van der Waals surface area (Å²) in [4.78, 5) is 18.8. The minimum atomic E-state index is 0. The van der Waals surface area contributed by atoms with Crippen LogP contribution in [0.4, 0.5) is 6.01 Å². The summed E-state index contributed by atoms with van der Waals surface area (Å²) in [6, 6.07) is 8.45. The highest BCUT2D eigenvalue weighted by Crippen LogP contribution is 2.26. The Hall–Kier alpha value is -1.50. The van der Waals surface area contributed by atoms with Gasteiger partial charge in [-0.15, -0.1) is 24.8 Å². The minimum Gasteiger partial charge on any atom is -0.423 e. The van der Waals surface area contributed by atoms with E-state index < -0.39 is 0 Å². The molecule has 0 radical (unpaired) electrons. The van der Waals surface area contributed by atoms with Crippen LogP contribution in [0.25, 0.3) is 11.1 Å². The number of nitrogens with one attached hydrogen (secondary N) is 2. The van der Waals surface area contributed by atoms with E-state index in [1.807, 2.05) is 31.3 Å². The number of oxazole rings is 1. The monoisotopic (exact) mass is 388 g/mol. The molecule has 2 heterocycles. The molecule has 1 aliphatic rings. The molecule has 1 aliphatic heterocycles. The molecule has 1 aromatic heterocycles. The molecular formula is C17H26Cl2N4O2. The third-order valence-corrected chi connectivity index (χ3v) is 4.32. The van der Waals surface area contributed by atoms with Gasteiger partial charge in [-0.25, -0.2) is 0 Å². The first-order valence-corrected chi connectivity index (χ1v) is 8.31. The van der Waals surface area contributed by atoms with E-state index in [-0.39, 0.29) is 36.6 Å². The van der Waals surface area contributed by atoms with Gasteiger partial charge in [0, 0.05) is 25.6 Å². The molecule has 1 amide bonds. The molecule has 3 rings (SSSR count). The first-order chi connectivity index (χ1) is 11.3. The van der Waals surface area contributed by atoms with Crippen molar-refractivity contribution in [3.63, 3.8) is 0 Å². The fourth-order valence-electron chi connectivity index (χ4n) is 2.95. The van der Waals surface area contributed by atoms with Gasteiger partial charge in [-0.1, -0.05) is 12.1 Å². The number of nitrogens with zero attached hydrogens (tertiary/aromatic N) is 2. The van der Waals surface area contributed by atoms with Gasteiger partial charge in [0.1, 0.15) is 5.52 Å². The smallest absolute Gasteiger partial charge is 0.298 e. The van der Waals surface area contributed by atoms with Gasteiger partial charge in [-0.05, 0) is 45.0 Å². The maximum absolute atomic E-state index is 12.2. The SMILES string of the molecule is CNCCCNC(=O)C1CCN(c2nc3ccccc3o2)CC1.Cl.Cl. The van der Waals surface area contributed by atoms with Crippen LogP contribution >= 0.6 is 24.8 Å². The summed E-state index contributed by atoms with van der Waals surface area (Å²) in [5.74, 6) is 0.281. The predicted octanol–water partition coefficient (Wildman–Crippen LogP) is 2.61. The summed E-state index contributed by atoms with van der Waals surface area (Å²) >= 11 is 0. The van der Waals surface area contributed by atoms with Crippen LogP contribution < -0.4 is 15.5 Å². The Labute approximate surface area is 160 Å². The number of aromatic nitrogens is 1. The van der Waals surface area contributed by atoms with Crippen molar-refractivity contribution in [2.24, 2.45) is 5.92 Å². The number of para-hydroxylation sites is 2. The lowest BCUT2D eigenvalue weighted by atomic mass is 9.96. The summed E-state index contributed by atoms with van der Waals surface area (Å²) in [5.41, 5.74) is 1.69. The van der Waals surface area contributed by atoms with Crippen molar-refractivity contribution in [2.45, 2.75) is 19.3 Å². The van der Waals surface area contributed by atoms with Gasteiger partial charge in [0.25, 0.3) is 6.01 Å². The Balaban J connectivity index is 0.00000156. The van der Waals surface area contributed by atoms with Crippen LogP contribution in [0.3, 0.4) is 0 Å². The van der Waals surface area contributed by atoms with Gasteiger partial charge < -0.3 is 20.0 Å². The molecular weight excluding hydrogens is 363 g/mol. The van der Waals surface area contributed by atoms with Gasteiger partial charge in [0.2, 0.25) is 5.91 Å². The molecule has 1 aromatic carbocycles. The zero-order valence-electron chi connectivity index (χ0n) is 14.4. The number of piperidine rings is 1. The average molecular weight is 389 g/mol. The van der Waals surface area contributed by atoms with Crippen molar-refractivity contribution in [2.75, 3.05) is 38.1 Å². The molecule has 0 bridgehead atoms. The Bertz CT molecular complexity index is 624. The Morgan fingerprint density at radius 3 is 2.64 bits per heavy atom. The highest BCUT2D eigenvalue weighted by molar-refractivity contribution is 5.85. The van der Waals surface area contributed by atoms with E-state index in [2.05, 4.69) is 20.5 Å². The first kappa shape index (κ1) is 21.5. The van der Waals surface area contributed by atoms with E-state index in [1.165, 1.54) is 0 Å². The quantitative estimate of drug-likeness (QED) is 0.744. The number of carbonyl (C=O) groups is 1.